The summed E-state index contributed by atoms with van der Waals surface area (Å²) < 4.78 is 0. The van der Waals surface area contributed by atoms with Crippen molar-refractivity contribution in [3.8, 4) is 0 Å². The fourth-order valence-electron chi connectivity index (χ4n) is 2.62. The normalized spacial score (nSPS) is 18.5. The van der Waals surface area contributed by atoms with Crippen LogP contribution in [-0.2, 0) is 11.2 Å². The van der Waals surface area contributed by atoms with Crippen LogP contribution in [-0.4, -0.2) is 29.1 Å². The minimum atomic E-state index is -0.735. The fourth-order valence-corrected chi connectivity index (χ4v) is 2.62. The summed E-state index contributed by atoms with van der Waals surface area (Å²) in [4.78, 5) is 13.6. The summed E-state index contributed by atoms with van der Waals surface area (Å²) in [6.07, 6.45) is 4.42. The van der Waals surface area contributed by atoms with E-state index in [0.29, 0.717) is 0 Å². The van der Waals surface area contributed by atoms with Gasteiger partial charge >= 0.3 is 5.97 Å². The molecule has 3 nitrogen and oxygen atoms in total. The molecule has 0 radical (unpaired) electrons. The summed E-state index contributed by atoms with van der Waals surface area (Å²) in [6.45, 7) is 3.90. The first-order chi connectivity index (χ1) is 8.72. The van der Waals surface area contributed by atoms with Crippen LogP contribution in [0.3, 0.4) is 0 Å². The SMILES string of the molecule is CCc1ccc([C@H](C(=O)O)N2CCCCC2)cc1. The third-order valence-corrected chi connectivity index (χ3v) is 3.69. The second-order valence-electron chi connectivity index (χ2n) is 4.93. The van der Waals surface area contributed by atoms with Gasteiger partial charge in [-0.15, -0.1) is 0 Å². The molecule has 1 atom stereocenters. The van der Waals surface area contributed by atoms with Gasteiger partial charge in [-0.05, 0) is 43.5 Å². The van der Waals surface area contributed by atoms with Crippen molar-refractivity contribution in [3.05, 3.63) is 35.4 Å². The molecule has 0 aliphatic carbocycles. The van der Waals surface area contributed by atoms with Crippen molar-refractivity contribution in [2.24, 2.45) is 0 Å². The predicted octanol–water partition coefficient (Wildman–Crippen LogP) is 2.86. The molecule has 1 aromatic carbocycles. The number of hydrogen-bond acceptors (Lipinski definition) is 2. The first-order valence-corrected chi connectivity index (χ1v) is 6.78. The van der Waals surface area contributed by atoms with Crippen LogP contribution in [0.25, 0.3) is 0 Å². The van der Waals surface area contributed by atoms with Gasteiger partial charge in [0.05, 0.1) is 0 Å². The van der Waals surface area contributed by atoms with E-state index in [1.54, 1.807) is 0 Å². The molecule has 2 rings (SSSR count). The zero-order valence-corrected chi connectivity index (χ0v) is 10.9. The van der Waals surface area contributed by atoms with Crippen LogP contribution in [0, 0.1) is 0 Å². The molecule has 3 heteroatoms. The van der Waals surface area contributed by atoms with Gasteiger partial charge in [-0.3, -0.25) is 9.69 Å². The highest BCUT2D eigenvalue weighted by atomic mass is 16.4. The first kappa shape index (κ1) is 13.1. The molecule has 0 amide bonds. The number of piperidine rings is 1. The van der Waals surface area contributed by atoms with E-state index in [2.05, 4.69) is 11.8 Å². The van der Waals surface area contributed by atoms with Crippen molar-refractivity contribution >= 4 is 5.97 Å². The van der Waals surface area contributed by atoms with E-state index in [1.807, 2.05) is 24.3 Å². The van der Waals surface area contributed by atoms with Crippen LogP contribution in [0.2, 0.25) is 0 Å². The molecular weight excluding hydrogens is 226 g/mol. The Morgan fingerprint density at radius 1 is 1.22 bits per heavy atom. The predicted molar refractivity (Wildman–Crippen MR) is 71.6 cm³/mol. The molecule has 1 aliphatic rings. The van der Waals surface area contributed by atoms with Gasteiger partial charge in [0.2, 0.25) is 0 Å². The summed E-state index contributed by atoms with van der Waals surface area (Å²) in [5.41, 5.74) is 2.16. The number of carbonyl (C=O) groups is 1. The molecule has 1 aromatic rings. The van der Waals surface area contributed by atoms with E-state index in [4.69, 9.17) is 0 Å². The van der Waals surface area contributed by atoms with E-state index >= 15 is 0 Å². The molecule has 18 heavy (non-hydrogen) atoms. The molecule has 1 aliphatic heterocycles. The molecule has 0 aromatic heterocycles. The third-order valence-electron chi connectivity index (χ3n) is 3.69. The van der Waals surface area contributed by atoms with Crippen molar-refractivity contribution in [1.29, 1.82) is 0 Å². The lowest BCUT2D eigenvalue weighted by atomic mass is 10.00. The maximum absolute atomic E-state index is 11.5. The zero-order valence-electron chi connectivity index (χ0n) is 10.9. The van der Waals surface area contributed by atoms with Crippen molar-refractivity contribution in [2.75, 3.05) is 13.1 Å². The average molecular weight is 247 g/mol. The van der Waals surface area contributed by atoms with E-state index in [1.165, 1.54) is 12.0 Å². The fraction of sp³-hybridized carbons (Fsp3) is 0.533. The molecule has 1 N–H and O–H groups in total. The van der Waals surface area contributed by atoms with Gasteiger partial charge in [0.15, 0.2) is 0 Å². The van der Waals surface area contributed by atoms with Crippen molar-refractivity contribution in [3.63, 3.8) is 0 Å². The number of carboxylic acid groups (broad SMARTS) is 1. The summed E-state index contributed by atoms with van der Waals surface area (Å²) in [6, 6.07) is 7.53. The van der Waals surface area contributed by atoms with Gasteiger partial charge in [0.1, 0.15) is 6.04 Å². The van der Waals surface area contributed by atoms with E-state index < -0.39 is 12.0 Å². The quantitative estimate of drug-likeness (QED) is 0.889. The number of carboxylic acids is 1. The average Bonchev–Trinajstić information content (AvgIpc) is 2.40. The van der Waals surface area contributed by atoms with Gasteiger partial charge in [-0.25, -0.2) is 0 Å². The number of aryl methyl sites for hydroxylation is 1. The number of likely N-dealkylation sites (tertiary alicyclic amines) is 1. The molecule has 1 heterocycles. The summed E-state index contributed by atoms with van der Waals surface area (Å²) >= 11 is 0. The third kappa shape index (κ3) is 2.91. The van der Waals surface area contributed by atoms with Crippen LogP contribution >= 0.6 is 0 Å². The summed E-state index contributed by atoms with van der Waals surface area (Å²) in [5, 5.41) is 9.46. The van der Waals surface area contributed by atoms with Gasteiger partial charge in [0, 0.05) is 0 Å². The van der Waals surface area contributed by atoms with Crippen molar-refractivity contribution in [1.82, 2.24) is 4.90 Å². The summed E-state index contributed by atoms with van der Waals surface area (Å²) in [7, 11) is 0. The maximum Gasteiger partial charge on any atom is 0.325 e. The number of benzene rings is 1. The molecule has 1 saturated heterocycles. The Labute approximate surface area is 108 Å². The van der Waals surface area contributed by atoms with Crippen molar-refractivity contribution < 1.29 is 9.90 Å². The largest absolute Gasteiger partial charge is 0.480 e. The van der Waals surface area contributed by atoms with Gasteiger partial charge < -0.3 is 5.11 Å². The standard InChI is InChI=1S/C15H21NO2/c1-2-12-6-8-13(9-7-12)14(15(17)18)16-10-4-3-5-11-16/h6-9,14H,2-5,10-11H2,1H3,(H,17,18)/t14-/m1/s1. The Bertz CT molecular complexity index is 393. The number of nitrogens with zero attached hydrogens (tertiary/aromatic N) is 1. The topological polar surface area (TPSA) is 40.5 Å². The van der Waals surface area contributed by atoms with Crippen LogP contribution in [0.15, 0.2) is 24.3 Å². The van der Waals surface area contributed by atoms with Gasteiger partial charge in [0.25, 0.3) is 0 Å². The minimum Gasteiger partial charge on any atom is -0.480 e. The molecule has 98 valence electrons. The van der Waals surface area contributed by atoms with Crippen LogP contribution < -0.4 is 0 Å². The zero-order chi connectivity index (χ0) is 13.0. The van der Waals surface area contributed by atoms with E-state index in [9.17, 15) is 9.90 Å². The first-order valence-electron chi connectivity index (χ1n) is 6.78. The maximum atomic E-state index is 11.5. The lowest BCUT2D eigenvalue weighted by Gasteiger charge is -2.32. The second kappa shape index (κ2) is 6.01. The minimum absolute atomic E-state index is 0.476. The van der Waals surface area contributed by atoms with E-state index in [0.717, 1.165) is 37.9 Å². The van der Waals surface area contributed by atoms with Crippen LogP contribution in [0.1, 0.15) is 43.4 Å². The molecule has 0 unspecified atom stereocenters. The van der Waals surface area contributed by atoms with Crippen molar-refractivity contribution in [2.45, 2.75) is 38.6 Å². The molecule has 0 bridgehead atoms. The lowest BCUT2D eigenvalue weighted by Crippen LogP contribution is -2.37. The van der Waals surface area contributed by atoms with E-state index in [-0.39, 0.29) is 0 Å². The van der Waals surface area contributed by atoms with Crippen LogP contribution in [0.5, 0.6) is 0 Å². The Morgan fingerprint density at radius 2 is 1.83 bits per heavy atom. The Morgan fingerprint density at radius 3 is 2.33 bits per heavy atom. The Hall–Kier alpha value is -1.35. The number of hydrogen-bond donors (Lipinski definition) is 1. The monoisotopic (exact) mass is 247 g/mol. The van der Waals surface area contributed by atoms with Gasteiger partial charge in [-0.2, -0.15) is 0 Å². The molecule has 0 spiro atoms. The molecule has 1 fully saturated rings. The summed E-state index contributed by atoms with van der Waals surface area (Å²) in [5.74, 6) is -0.735. The second-order valence-corrected chi connectivity index (χ2v) is 4.93. The Balaban J connectivity index is 2.20. The smallest absolute Gasteiger partial charge is 0.325 e. The lowest BCUT2D eigenvalue weighted by molar-refractivity contribution is -0.144. The highest BCUT2D eigenvalue weighted by Crippen LogP contribution is 2.25. The number of rotatable bonds is 4. The molecular formula is C15H21NO2. The molecule has 0 saturated carbocycles. The Kier molecular flexibility index (Phi) is 4.37. The van der Waals surface area contributed by atoms with Crippen LogP contribution in [0.4, 0.5) is 0 Å². The number of aliphatic carboxylic acids is 1. The highest BCUT2D eigenvalue weighted by molar-refractivity contribution is 5.75. The van der Waals surface area contributed by atoms with Gasteiger partial charge in [-0.1, -0.05) is 37.6 Å². The highest BCUT2D eigenvalue weighted by Gasteiger charge is 2.28.